The van der Waals surface area contributed by atoms with E-state index < -0.39 is 36.0 Å². The standard InChI is InChI=1S/C27H34N2O7.ClH/c1-5-36-27(33)21(12-11-18-9-7-6-8-10-18)28-17(2)25(30)29-16-20-15-24(35-4)23(34-3)14-19(20)13-22(29)26(31)32;/h6-10,14-15,17,21-22,28H,5,11-13,16H2,1-4H3,(H,31,32);1H/p-1/t17-,21-,22-;/m0./s1. The van der Waals surface area contributed by atoms with Crippen molar-refractivity contribution in [3.05, 3.63) is 59.2 Å². The third kappa shape index (κ3) is 7.36. The number of hydrogen-bond donors (Lipinski definition) is 2. The smallest absolute Gasteiger partial charge is 0.326 e. The lowest BCUT2D eigenvalue weighted by Crippen LogP contribution is -3.00. The number of hydrogen-bond acceptors (Lipinski definition) is 7. The van der Waals surface area contributed by atoms with Crippen molar-refractivity contribution in [2.24, 2.45) is 0 Å². The number of nitrogens with one attached hydrogen (secondary N) is 1. The number of fused-ring (bicyclic) bond motifs is 1. The molecule has 0 radical (unpaired) electrons. The van der Waals surface area contributed by atoms with E-state index in [9.17, 15) is 19.5 Å². The molecule has 3 atom stereocenters. The Morgan fingerprint density at radius 2 is 1.70 bits per heavy atom. The molecule has 0 saturated carbocycles. The number of carboxylic acid groups (broad SMARTS) is 1. The Morgan fingerprint density at radius 3 is 2.27 bits per heavy atom. The number of ether oxygens (including phenoxy) is 3. The molecule has 9 nitrogen and oxygen atoms in total. The molecule has 2 aromatic rings. The molecule has 2 aromatic carbocycles. The predicted octanol–water partition coefficient (Wildman–Crippen LogP) is -0.412. The van der Waals surface area contributed by atoms with Crippen LogP contribution in [0, 0.1) is 0 Å². The zero-order valence-electron chi connectivity index (χ0n) is 21.5. The van der Waals surface area contributed by atoms with E-state index in [1.807, 2.05) is 30.3 Å². The van der Waals surface area contributed by atoms with Crippen molar-refractivity contribution in [2.75, 3.05) is 20.8 Å². The largest absolute Gasteiger partial charge is 1.00 e. The summed E-state index contributed by atoms with van der Waals surface area (Å²) >= 11 is 0. The minimum atomic E-state index is -1.10. The number of amides is 1. The van der Waals surface area contributed by atoms with Gasteiger partial charge in [0, 0.05) is 13.0 Å². The summed E-state index contributed by atoms with van der Waals surface area (Å²) in [5.41, 5.74) is 2.64. The van der Waals surface area contributed by atoms with E-state index in [1.54, 1.807) is 26.0 Å². The third-order valence-corrected chi connectivity index (χ3v) is 6.36. The summed E-state index contributed by atoms with van der Waals surface area (Å²) in [6.45, 7) is 3.69. The first-order chi connectivity index (χ1) is 17.3. The predicted molar refractivity (Wildman–Crippen MR) is 133 cm³/mol. The summed E-state index contributed by atoms with van der Waals surface area (Å²) in [6, 6.07) is 10.7. The van der Waals surface area contributed by atoms with Crippen molar-refractivity contribution in [1.82, 2.24) is 10.2 Å². The van der Waals surface area contributed by atoms with Gasteiger partial charge >= 0.3 is 11.9 Å². The van der Waals surface area contributed by atoms with E-state index in [1.165, 1.54) is 19.1 Å². The highest BCUT2D eigenvalue weighted by Crippen LogP contribution is 2.35. The molecule has 10 heteroatoms. The zero-order chi connectivity index (χ0) is 26.2. The maximum Gasteiger partial charge on any atom is 0.326 e. The van der Waals surface area contributed by atoms with E-state index in [4.69, 9.17) is 14.2 Å². The summed E-state index contributed by atoms with van der Waals surface area (Å²) in [4.78, 5) is 39.6. The molecule has 1 heterocycles. The number of nitrogens with zero attached hydrogens (tertiary/aromatic N) is 1. The van der Waals surface area contributed by atoms with Crippen molar-refractivity contribution >= 4 is 17.8 Å². The fourth-order valence-corrected chi connectivity index (χ4v) is 4.45. The van der Waals surface area contributed by atoms with Crippen LogP contribution in [-0.4, -0.2) is 66.8 Å². The molecule has 2 N–H and O–H groups in total. The van der Waals surface area contributed by atoms with Gasteiger partial charge in [-0.05, 0) is 55.5 Å². The zero-order valence-corrected chi connectivity index (χ0v) is 22.3. The van der Waals surface area contributed by atoms with Gasteiger partial charge in [-0.25, -0.2) is 4.79 Å². The first kappa shape index (κ1) is 29.9. The van der Waals surface area contributed by atoms with E-state index >= 15 is 0 Å². The lowest BCUT2D eigenvalue weighted by molar-refractivity contribution is -0.153. The number of benzene rings is 2. The summed E-state index contributed by atoms with van der Waals surface area (Å²) in [5, 5.41) is 13.0. The number of esters is 1. The molecule has 0 aromatic heterocycles. The van der Waals surface area contributed by atoms with E-state index in [0.29, 0.717) is 24.3 Å². The van der Waals surface area contributed by atoms with Gasteiger partial charge < -0.3 is 36.6 Å². The SMILES string of the molecule is CCOC(=O)[C@H](CCc1ccccc1)N[C@@H](C)C(=O)N1Cc2cc(OC)c(OC)cc2C[C@H]1C(=O)O.[Cl-]. The van der Waals surface area contributed by atoms with Crippen LogP contribution in [0.25, 0.3) is 0 Å². The highest BCUT2D eigenvalue weighted by atomic mass is 35.5. The van der Waals surface area contributed by atoms with Crippen LogP contribution in [0.4, 0.5) is 0 Å². The summed E-state index contributed by atoms with van der Waals surface area (Å²) in [6.07, 6.45) is 1.19. The Morgan fingerprint density at radius 1 is 1.08 bits per heavy atom. The van der Waals surface area contributed by atoms with Crippen molar-refractivity contribution < 1.29 is 46.1 Å². The quantitative estimate of drug-likeness (QED) is 0.375. The van der Waals surface area contributed by atoms with Crippen LogP contribution in [0.3, 0.4) is 0 Å². The first-order valence-corrected chi connectivity index (χ1v) is 12.0. The third-order valence-electron chi connectivity index (χ3n) is 6.36. The molecule has 0 saturated heterocycles. The molecule has 0 bridgehead atoms. The second-order valence-electron chi connectivity index (χ2n) is 8.72. The molecule has 1 aliphatic rings. The Hall–Kier alpha value is -3.30. The summed E-state index contributed by atoms with van der Waals surface area (Å²) in [5.74, 6) is -0.930. The molecule has 1 aliphatic heterocycles. The summed E-state index contributed by atoms with van der Waals surface area (Å²) < 4.78 is 15.9. The lowest BCUT2D eigenvalue weighted by Gasteiger charge is -2.37. The Bertz CT molecular complexity index is 1080. The summed E-state index contributed by atoms with van der Waals surface area (Å²) in [7, 11) is 3.04. The van der Waals surface area contributed by atoms with Gasteiger partial charge in [0.05, 0.1) is 26.9 Å². The second-order valence-corrected chi connectivity index (χ2v) is 8.72. The van der Waals surface area contributed by atoms with Gasteiger partial charge in [0.1, 0.15) is 12.1 Å². The maximum absolute atomic E-state index is 13.5. The molecule has 0 unspecified atom stereocenters. The number of carbonyl (C=O) groups is 3. The van der Waals surface area contributed by atoms with Gasteiger partial charge in [0.15, 0.2) is 11.5 Å². The number of rotatable bonds is 11. The molecule has 202 valence electrons. The van der Waals surface area contributed by atoms with Gasteiger partial charge in [-0.2, -0.15) is 0 Å². The van der Waals surface area contributed by atoms with Crippen LogP contribution in [0.15, 0.2) is 42.5 Å². The van der Waals surface area contributed by atoms with Crippen molar-refractivity contribution in [3.8, 4) is 11.5 Å². The molecule has 3 rings (SSSR count). The van der Waals surface area contributed by atoms with Gasteiger partial charge in [-0.15, -0.1) is 0 Å². The lowest BCUT2D eigenvalue weighted by atomic mass is 9.92. The minimum absolute atomic E-state index is 0. The van der Waals surface area contributed by atoms with Gasteiger partial charge in [0.25, 0.3) is 0 Å². The molecule has 1 amide bonds. The Balaban J connectivity index is 0.00000481. The van der Waals surface area contributed by atoms with Crippen molar-refractivity contribution in [1.29, 1.82) is 0 Å². The molecule has 0 fully saturated rings. The van der Waals surface area contributed by atoms with E-state index in [2.05, 4.69) is 5.32 Å². The average molecular weight is 534 g/mol. The van der Waals surface area contributed by atoms with Crippen LogP contribution in [-0.2, 0) is 38.5 Å². The number of carboxylic acids is 1. The monoisotopic (exact) mass is 533 g/mol. The van der Waals surface area contributed by atoms with Crippen LogP contribution in [0.2, 0.25) is 0 Å². The fraction of sp³-hybridized carbons (Fsp3) is 0.444. The van der Waals surface area contributed by atoms with Crippen LogP contribution in [0.1, 0.15) is 37.0 Å². The van der Waals surface area contributed by atoms with Crippen molar-refractivity contribution in [2.45, 2.75) is 57.8 Å². The molecule has 0 spiro atoms. The number of halogens is 1. The maximum atomic E-state index is 13.5. The fourth-order valence-electron chi connectivity index (χ4n) is 4.45. The van der Waals surface area contributed by atoms with Gasteiger partial charge in [-0.1, -0.05) is 30.3 Å². The second kappa shape index (κ2) is 13.9. The Kier molecular flexibility index (Phi) is 11.2. The normalized spacial score (nSPS) is 16.0. The molecular weight excluding hydrogens is 500 g/mol. The highest BCUT2D eigenvalue weighted by molar-refractivity contribution is 5.88. The average Bonchev–Trinajstić information content (AvgIpc) is 2.89. The topological polar surface area (TPSA) is 114 Å². The van der Waals surface area contributed by atoms with Crippen LogP contribution < -0.4 is 27.2 Å². The highest BCUT2D eigenvalue weighted by Gasteiger charge is 2.38. The van der Waals surface area contributed by atoms with E-state index in [0.717, 1.165) is 16.7 Å². The van der Waals surface area contributed by atoms with E-state index in [-0.39, 0.29) is 32.0 Å². The molecular formula is C27H34ClN2O7-. The van der Waals surface area contributed by atoms with Crippen LogP contribution >= 0.6 is 0 Å². The molecule has 37 heavy (non-hydrogen) atoms. The minimum Gasteiger partial charge on any atom is -1.00 e. The first-order valence-electron chi connectivity index (χ1n) is 12.0. The van der Waals surface area contributed by atoms with Gasteiger partial charge in [0.2, 0.25) is 5.91 Å². The molecule has 0 aliphatic carbocycles. The number of carbonyl (C=O) groups excluding carboxylic acids is 2. The Labute approximate surface area is 223 Å². The number of aryl methyl sites for hydroxylation is 1. The number of aliphatic carboxylic acids is 1. The van der Waals surface area contributed by atoms with Crippen LogP contribution in [0.5, 0.6) is 11.5 Å². The van der Waals surface area contributed by atoms with Crippen molar-refractivity contribution in [3.63, 3.8) is 0 Å². The number of methoxy groups -OCH3 is 2. The van der Waals surface area contributed by atoms with Gasteiger partial charge in [-0.3, -0.25) is 14.9 Å².